The van der Waals surface area contributed by atoms with Gasteiger partial charge in [0.2, 0.25) is 7.11 Å². The maximum Gasteiger partial charge on any atom is 0.334 e. The van der Waals surface area contributed by atoms with Crippen molar-refractivity contribution < 1.29 is 19.1 Å². The lowest BCUT2D eigenvalue weighted by Crippen LogP contribution is -2.60. The summed E-state index contributed by atoms with van der Waals surface area (Å²) in [6, 6.07) is -0.998. The fourth-order valence-electron chi connectivity index (χ4n) is 3.15. The van der Waals surface area contributed by atoms with Crippen LogP contribution in [0.5, 0.6) is 0 Å². The van der Waals surface area contributed by atoms with Gasteiger partial charge in [-0.25, -0.2) is 4.79 Å². The van der Waals surface area contributed by atoms with Crippen LogP contribution in [0.4, 0.5) is 4.79 Å². The molecule has 0 aromatic heterocycles. The molecule has 2 aliphatic rings. The molecule has 1 atom stereocenters. The summed E-state index contributed by atoms with van der Waals surface area (Å²) < 4.78 is 4.84. The third-order valence-electron chi connectivity index (χ3n) is 4.42. The Bertz CT molecular complexity index is 519. The largest absolute Gasteiger partial charge is 0.334 e. The van der Waals surface area contributed by atoms with E-state index in [1.807, 2.05) is 6.92 Å². The Morgan fingerprint density at radius 3 is 2.39 bits per heavy atom. The van der Waals surface area contributed by atoms with E-state index < -0.39 is 23.9 Å². The molecule has 1 heterocycles. The third kappa shape index (κ3) is 3.42. The Labute approximate surface area is 137 Å². The number of carbonyl (C=O) groups is 3. The number of amides is 4. The van der Waals surface area contributed by atoms with Crippen molar-refractivity contribution in [3.05, 3.63) is 18.3 Å². The first-order valence-corrected chi connectivity index (χ1v) is 8.31. The van der Waals surface area contributed by atoms with Gasteiger partial charge < -0.3 is 0 Å². The number of ether oxygens (including phenoxy) is 1. The minimum absolute atomic E-state index is 0.149. The molecule has 2 fully saturated rings. The van der Waals surface area contributed by atoms with Gasteiger partial charge in [0, 0.05) is 6.54 Å². The van der Waals surface area contributed by atoms with Crippen molar-refractivity contribution in [2.24, 2.45) is 0 Å². The maximum absolute atomic E-state index is 12.8. The van der Waals surface area contributed by atoms with E-state index in [0.29, 0.717) is 6.54 Å². The molecule has 4 amide bonds. The Morgan fingerprint density at radius 1 is 1.17 bits per heavy atom. The van der Waals surface area contributed by atoms with Gasteiger partial charge in [-0.1, -0.05) is 18.9 Å². The Kier molecular flexibility index (Phi) is 5.82. The van der Waals surface area contributed by atoms with E-state index in [2.05, 4.69) is 7.11 Å². The van der Waals surface area contributed by atoms with E-state index in [0.717, 1.165) is 49.0 Å². The van der Waals surface area contributed by atoms with Crippen LogP contribution in [0, 0.1) is 7.11 Å². The zero-order valence-electron chi connectivity index (χ0n) is 14.0. The van der Waals surface area contributed by atoms with Crippen LogP contribution < -0.4 is 0 Å². The van der Waals surface area contributed by atoms with Gasteiger partial charge in [0.05, 0.1) is 6.04 Å². The van der Waals surface area contributed by atoms with E-state index >= 15 is 0 Å². The summed E-state index contributed by atoms with van der Waals surface area (Å²) in [6.45, 7) is 4.21. The standard InChI is InChI=1S/C17H25N2O4/c1-4-5-10-18-15(20)14(13-8-6-7-9-13)16(21)19(17(18)22)12(2)11-23-3/h12H,3-11H2,1-2H3/q+1. The van der Waals surface area contributed by atoms with Crippen LogP contribution in [0.2, 0.25) is 0 Å². The molecule has 1 aliphatic carbocycles. The highest BCUT2D eigenvalue weighted by Gasteiger charge is 2.45. The molecule has 126 valence electrons. The van der Waals surface area contributed by atoms with Crippen molar-refractivity contribution in [3.8, 4) is 0 Å². The molecule has 0 aromatic carbocycles. The zero-order valence-corrected chi connectivity index (χ0v) is 14.0. The molecular formula is C17H25N2O4+. The molecule has 0 radical (unpaired) electrons. The van der Waals surface area contributed by atoms with Gasteiger partial charge in [-0.15, -0.1) is 0 Å². The van der Waals surface area contributed by atoms with Crippen molar-refractivity contribution in [1.29, 1.82) is 0 Å². The number of rotatable bonds is 6. The molecular weight excluding hydrogens is 296 g/mol. The number of allylic oxidation sites excluding steroid dienone is 1. The summed E-state index contributed by atoms with van der Waals surface area (Å²) in [7, 11) is 3.31. The highest BCUT2D eigenvalue weighted by molar-refractivity contribution is 6.29. The first kappa shape index (κ1) is 17.5. The third-order valence-corrected chi connectivity index (χ3v) is 4.42. The molecule has 1 saturated heterocycles. The molecule has 6 heteroatoms. The molecule has 0 N–H and O–H groups in total. The monoisotopic (exact) mass is 321 g/mol. The fourth-order valence-corrected chi connectivity index (χ4v) is 3.15. The molecule has 2 rings (SSSR count). The van der Waals surface area contributed by atoms with Crippen molar-refractivity contribution >= 4 is 17.8 Å². The zero-order chi connectivity index (χ0) is 17.0. The predicted octanol–water partition coefficient (Wildman–Crippen LogP) is 2.64. The number of carbonyl (C=O) groups excluding carboxylic acids is 3. The van der Waals surface area contributed by atoms with Crippen LogP contribution in [-0.2, 0) is 14.3 Å². The fraction of sp³-hybridized carbons (Fsp3) is 0.647. The number of imide groups is 2. The average molecular weight is 321 g/mol. The van der Waals surface area contributed by atoms with Gasteiger partial charge in [-0.05, 0) is 39.0 Å². The van der Waals surface area contributed by atoms with Crippen LogP contribution >= 0.6 is 0 Å². The number of hydrogen-bond acceptors (Lipinski definition) is 4. The van der Waals surface area contributed by atoms with Crippen molar-refractivity contribution in [1.82, 2.24) is 9.80 Å². The topological polar surface area (TPSA) is 66.9 Å². The van der Waals surface area contributed by atoms with Gasteiger partial charge in [0.15, 0.2) is 0 Å². The smallest absolute Gasteiger partial charge is 0.268 e. The second kappa shape index (κ2) is 7.64. The Balaban J connectivity index is 2.39. The van der Waals surface area contributed by atoms with E-state index in [-0.39, 0.29) is 12.2 Å². The quantitative estimate of drug-likeness (QED) is 0.428. The van der Waals surface area contributed by atoms with Gasteiger partial charge in [-0.3, -0.25) is 19.4 Å². The SMILES string of the molecule is [CH2+]OCC(C)N1C(=O)C(=C2CCCC2)C(=O)N(CCCC)C1=O. The van der Waals surface area contributed by atoms with Gasteiger partial charge in [0.25, 0.3) is 11.8 Å². The Morgan fingerprint density at radius 2 is 1.83 bits per heavy atom. The van der Waals surface area contributed by atoms with Gasteiger partial charge in [0.1, 0.15) is 12.2 Å². The number of urea groups is 1. The molecule has 1 aliphatic heterocycles. The van der Waals surface area contributed by atoms with E-state index in [1.165, 1.54) is 4.90 Å². The molecule has 0 aromatic rings. The Hall–Kier alpha value is -1.82. The summed E-state index contributed by atoms with van der Waals surface area (Å²) in [6.07, 6.45) is 5.09. The van der Waals surface area contributed by atoms with Gasteiger partial charge in [-0.2, -0.15) is 4.74 Å². The minimum Gasteiger partial charge on any atom is -0.268 e. The minimum atomic E-state index is -0.541. The summed E-state index contributed by atoms with van der Waals surface area (Å²) in [4.78, 5) is 40.5. The number of nitrogens with zero attached hydrogens (tertiary/aromatic N) is 2. The average Bonchev–Trinajstić information content (AvgIpc) is 3.01. The van der Waals surface area contributed by atoms with Crippen LogP contribution in [0.1, 0.15) is 52.4 Å². The van der Waals surface area contributed by atoms with Gasteiger partial charge >= 0.3 is 6.03 Å². The molecule has 1 saturated carbocycles. The maximum atomic E-state index is 12.8. The highest BCUT2D eigenvalue weighted by Crippen LogP contribution is 2.31. The first-order valence-electron chi connectivity index (χ1n) is 8.31. The van der Waals surface area contributed by atoms with Crippen molar-refractivity contribution in [2.45, 2.75) is 58.4 Å². The van der Waals surface area contributed by atoms with Crippen LogP contribution in [0.3, 0.4) is 0 Å². The second-order valence-corrected chi connectivity index (χ2v) is 6.17. The lowest BCUT2D eigenvalue weighted by Gasteiger charge is -2.37. The lowest BCUT2D eigenvalue weighted by atomic mass is 10.0. The van der Waals surface area contributed by atoms with Crippen molar-refractivity contribution in [3.63, 3.8) is 0 Å². The molecule has 0 bridgehead atoms. The highest BCUT2D eigenvalue weighted by atomic mass is 16.5. The van der Waals surface area contributed by atoms with E-state index in [4.69, 9.17) is 4.74 Å². The first-order chi connectivity index (χ1) is 11.0. The summed E-state index contributed by atoms with van der Waals surface area (Å²) >= 11 is 0. The second-order valence-electron chi connectivity index (χ2n) is 6.17. The number of barbiturate groups is 1. The lowest BCUT2D eigenvalue weighted by molar-refractivity contribution is -0.137. The summed E-state index contributed by atoms with van der Waals surface area (Å²) in [5.41, 5.74) is 1.09. The molecule has 1 unspecified atom stereocenters. The van der Waals surface area contributed by atoms with E-state index in [1.54, 1.807) is 6.92 Å². The van der Waals surface area contributed by atoms with Crippen molar-refractivity contribution in [2.75, 3.05) is 13.2 Å². The number of hydrogen-bond donors (Lipinski definition) is 0. The van der Waals surface area contributed by atoms with Crippen LogP contribution in [0.25, 0.3) is 0 Å². The normalized spacial score (nSPS) is 20.7. The summed E-state index contributed by atoms with van der Waals surface area (Å²) in [5, 5.41) is 0. The van der Waals surface area contributed by atoms with Crippen LogP contribution in [0.15, 0.2) is 11.1 Å². The summed E-state index contributed by atoms with van der Waals surface area (Å²) in [5.74, 6) is -0.904. The van der Waals surface area contributed by atoms with E-state index in [9.17, 15) is 14.4 Å². The molecule has 6 nitrogen and oxygen atoms in total. The van der Waals surface area contributed by atoms with Crippen LogP contribution in [-0.4, -0.2) is 46.8 Å². The predicted molar refractivity (Wildman–Crippen MR) is 85.1 cm³/mol. The molecule has 0 spiro atoms. The molecule has 23 heavy (non-hydrogen) atoms. The number of unbranched alkanes of at least 4 members (excludes halogenated alkanes) is 1.